The predicted octanol–water partition coefficient (Wildman–Crippen LogP) is 5.83. The Morgan fingerprint density at radius 1 is 0.951 bits per heavy atom. The molecule has 2 N–H and O–H groups in total. The molecule has 210 valence electrons. The molecular formula is C34H37N5O2. The first-order chi connectivity index (χ1) is 19.8. The fraction of sp³-hybridized carbons (Fsp3) is 0.324. The van der Waals surface area contributed by atoms with E-state index in [0.29, 0.717) is 25.6 Å². The number of fused-ring (bicyclic) bond motifs is 1. The standard InChI is InChI=1S/C34H37N5O2/c1-34(2,3)37-33(41)38-17-16-28-27(25-20-36-39(21-25)26-12-8-5-9-13-26)15-14-24(31(28)22-38)19-35-32(40)30-18-29(30)23-10-6-4-7-11-23/h4-15,20-21,29-30H,16-19,22H2,1-3H3,(H,35,40)(H,37,41)/t29-,30+/m0/s1. The van der Waals surface area contributed by atoms with Gasteiger partial charge in [0, 0.05) is 42.9 Å². The summed E-state index contributed by atoms with van der Waals surface area (Å²) in [6, 6.07) is 24.5. The van der Waals surface area contributed by atoms with Crippen LogP contribution < -0.4 is 10.6 Å². The van der Waals surface area contributed by atoms with Crippen LogP contribution in [0.1, 0.15) is 55.4 Å². The molecule has 3 amide bonds. The molecule has 7 heteroatoms. The van der Waals surface area contributed by atoms with E-state index in [0.717, 1.165) is 40.8 Å². The van der Waals surface area contributed by atoms with E-state index in [4.69, 9.17) is 0 Å². The maximum atomic E-state index is 13.1. The van der Waals surface area contributed by atoms with Gasteiger partial charge in [0.1, 0.15) is 0 Å². The minimum Gasteiger partial charge on any atom is -0.352 e. The molecule has 1 aliphatic heterocycles. The molecule has 1 aromatic heterocycles. The Kier molecular flexibility index (Phi) is 7.12. The van der Waals surface area contributed by atoms with Crippen molar-refractivity contribution >= 4 is 11.9 Å². The number of carbonyl (C=O) groups excluding carboxylic acids is 2. The SMILES string of the molecule is CC(C)(C)NC(=O)N1CCc2c(-c3cnn(-c4ccccc4)c3)ccc(CNC(=O)[C@@H]3C[C@H]3c3ccccc3)c2C1. The number of hydrogen-bond donors (Lipinski definition) is 2. The summed E-state index contributed by atoms with van der Waals surface area (Å²) >= 11 is 0. The lowest BCUT2D eigenvalue weighted by Crippen LogP contribution is -2.50. The molecule has 0 radical (unpaired) electrons. The first kappa shape index (κ1) is 26.8. The number of rotatable bonds is 6. The minimum absolute atomic E-state index is 0.0189. The van der Waals surface area contributed by atoms with Gasteiger partial charge in [-0.25, -0.2) is 9.48 Å². The smallest absolute Gasteiger partial charge is 0.318 e. The van der Waals surface area contributed by atoms with Crippen molar-refractivity contribution in [3.8, 4) is 16.8 Å². The maximum Gasteiger partial charge on any atom is 0.318 e. The average Bonchev–Trinajstić information content (AvgIpc) is 3.63. The van der Waals surface area contributed by atoms with Crippen molar-refractivity contribution in [1.29, 1.82) is 0 Å². The van der Waals surface area contributed by atoms with Gasteiger partial charge in [0.25, 0.3) is 0 Å². The van der Waals surface area contributed by atoms with Gasteiger partial charge < -0.3 is 15.5 Å². The van der Waals surface area contributed by atoms with Gasteiger partial charge >= 0.3 is 6.03 Å². The highest BCUT2D eigenvalue weighted by atomic mass is 16.2. The van der Waals surface area contributed by atoms with Crippen molar-refractivity contribution in [3.63, 3.8) is 0 Å². The minimum atomic E-state index is -0.318. The van der Waals surface area contributed by atoms with Gasteiger partial charge in [-0.1, -0.05) is 60.7 Å². The normalized spacial score (nSPS) is 18.0. The summed E-state index contributed by atoms with van der Waals surface area (Å²) in [5.74, 6) is 0.412. The van der Waals surface area contributed by atoms with Gasteiger partial charge in [0.05, 0.1) is 11.9 Å². The van der Waals surface area contributed by atoms with Crippen LogP contribution in [0.5, 0.6) is 0 Å². The molecule has 1 fully saturated rings. The quantitative estimate of drug-likeness (QED) is 0.319. The van der Waals surface area contributed by atoms with E-state index in [1.807, 2.05) is 85.1 Å². The van der Waals surface area contributed by atoms with Crippen molar-refractivity contribution in [2.24, 2.45) is 5.92 Å². The number of carbonyl (C=O) groups is 2. The number of nitrogens with zero attached hydrogens (tertiary/aromatic N) is 3. The van der Waals surface area contributed by atoms with E-state index in [-0.39, 0.29) is 23.4 Å². The van der Waals surface area contributed by atoms with Crippen LogP contribution in [-0.4, -0.2) is 38.7 Å². The number of amides is 3. The molecule has 0 unspecified atom stereocenters. The molecule has 2 heterocycles. The highest BCUT2D eigenvalue weighted by Gasteiger charge is 2.43. The number of aromatic nitrogens is 2. The van der Waals surface area contributed by atoms with E-state index < -0.39 is 0 Å². The Hall–Kier alpha value is -4.39. The Balaban J connectivity index is 1.25. The number of hydrogen-bond acceptors (Lipinski definition) is 3. The van der Waals surface area contributed by atoms with E-state index in [2.05, 4.69) is 46.2 Å². The van der Waals surface area contributed by atoms with Crippen LogP contribution >= 0.6 is 0 Å². The van der Waals surface area contributed by atoms with Crippen molar-refractivity contribution < 1.29 is 9.59 Å². The lowest BCUT2D eigenvalue weighted by atomic mass is 9.88. The molecule has 0 saturated heterocycles. The number of para-hydroxylation sites is 1. The first-order valence-corrected chi connectivity index (χ1v) is 14.4. The third kappa shape index (κ3) is 5.89. The van der Waals surface area contributed by atoms with Crippen LogP contribution in [0.2, 0.25) is 0 Å². The molecule has 0 spiro atoms. The summed E-state index contributed by atoms with van der Waals surface area (Å²) in [6.45, 7) is 7.55. The summed E-state index contributed by atoms with van der Waals surface area (Å²) in [5.41, 5.74) is 7.46. The van der Waals surface area contributed by atoms with E-state index in [1.54, 1.807) is 0 Å². The average molecular weight is 548 g/mol. The maximum absolute atomic E-state index is 13.1. The largest absolute Gasteiger partial charge is 0.352 e. The Morgan fingerprint density at radius 3 is 2.41 bits per heavy atom. The molecule has 1 saturated carbocycles. The van der Waals surface area contributed by atoms with Gasteiger partial charge in [0.2, 0.25) is 5.91 Å². The number of nitrogens with one attached hydrogen (secondary N) is 2. The lowest BCUT2D eigenvalue weighted by molar-refractivity contribution is -0.122. The summed E-state index contributed by atoms with van der Waals surface area (Å²) in [5, 5.41) is 10.9. The third-order valence-electron chi connectivity index (χ3n) is 8.00. The number of urea groups is 1. The highest BCUT2D eigenvalue weighted by Crippen LogP contribution is 2.47. The molecule has 4 aromatic rings. The second-order valence-corrected chi connectivity index (χ2v) is 12.2. The van der Waals surface area contributed by atoms with Gasteiger partial charge in [-0.15, -0.1) is 0 Å². The molecule has 2 atom stereocenters. The van der Waals surface area contributed by atoms with Gasteiger partial charge in [-0.05, 0) is 79.5 Å². The number of benzene rings is 3. The summed E-state index contributed by atoms with van der Waals surface area (Å²) in [4.78, 5) is 28.1. The van der Waals surface area contributed by atoms with Gasteiger partial charge in [0.15, 0.2) is 0 Å². The molecule has 1 aliphatic carbocycles. The van der Waals surface area contributed by atoms with Crippen molar-refractivity contribution in [3.05, 3.63) is 107 Å². The van der Waals surface area contributed by atoms with Crippen LogP contribution in [0.4, 0.5) is 4.79 Å². The van der Waals surface area contributed by atoms with Crippen LogP contribution in [0.25, 0.3) is 16.8 Å². The van der Waals surface area contributed by atoms with Crippen molar-refractivity contribution in [1.82, 2.24) is 25.3 Å². The lowest BCUT2D eigenvalue weighted by Gasteiger charge is -2.34. The van der Waals surface area contributed by atoms with Crippen molar-refractivity contribution in [2.75, 3.05) is 6.54 Å². The van der Waals surface area contributed by atoms with Crippen LogP contribution in [-0.2, 0) is 24.3 Å². The van der Waals surface area contributed by atoms with Crippen LogP contribution in [0.3, 0.4) is 0 Å². The fourth-order valence-electron chi connectivity index (χ4n) is 5.80. The summed E-state index contributed by atoms with van der Waals surface area (Å²) in [7, 11) is 0. The Bertz CT molecular complexity index is 1560. The topological polar surface area (TPSA) is 79.3 Å². The zero-order valence-corrected chi connectivity index (χ0v) is 23.9. The predicted molar refractivity (Wildman–Crippen MR) is 161 cm³/mol. The monoisotopic (exact) mass is 547 g/mol. The zero-order valence-electron chi connectivity index (χ0n) is 23.9. The van der Waals surface area contributed by atoms with Gasteiger partial charge in [-0.2, -0.15) is 5.10 Å². The van der Waals surface area contributed by atoms with Crippen LogP contribution in [0, 0.1) is 5.92 Å². The first-order valence-electron chi connectivity index (χ1n) is 14.4. The zero-order chi connectivity index (χ0) is 28.6. The Labute approximate surface area is 241 Å². The fourth-order valence-corrected chi connectivity index (χ4v) is 5.80. The highest BCUT2D eigenvalue weighted by molar-refractivity contribution is 5.83. The third-order valence-corrected chi connectivity index (χ3v) is 8.00. The van der Waals surface area contributed by atoms with Crippen LogP contribution in [0.15, 0.2) is 85.2 Å². The molecule has 41 heavy (non-hydrogen) atoms. The molecule has 0 bridgehead atoms. The second kappa shape index (κ2) is 10.9. The summed E-state index contributed by atoms with van der Waals surface area (Å²) in [6.07, 6.45) is 5.58. The molecular weight excluding hydrogens is 510 g/mol. The molecule has 3 aromatic carbocycles. The van der Waals surface area contributed by atoms with E-state index in [1.165, 1.54) is 11.1 Å². The van der Waals surface area contributed by atoms with E-state index >= 15 is 0 Å². The second-order valence-electron chi connectivity index (χ2n) is 12.2. The Morgan fingerprint density at radius 2 is 1.68 bits per heavy atom. The van der Waals surface area contributed by atoms with E-state index in [9.17, 15) is 9.59 Å². The molecule has 6 rings (SSSR count). The summed E-state index contributed by atoms with van der Waals surface area (Å²) < 4.78 is 1.89. The molecule has 2 aliphatic rings. The van der Waals surface area contributed by atoms with Crippen molar-refractivity contribution in [2.45, 2.75) is 58.2 Å². The molecule has 7 nitrogen and oxygen atoms in total. The van der Waals surface area contributed by atoms with Gasteiger partial charge in [-0.3, -0.25) is 4.79 Å².